The number of carbonyl (C=O) groups excluding carboxylic acids is 1. The number of carboxylic acids is 1. The van der Waals surface area contributed by atoms with Crippen LogP contribution in [-0.4, -0.2) is 47.1 Å². The van der Waals surface area contributed by atoms with E-state index in [1.807, 2.05) is 42.5 Å². The summed E-state index contributed by atoms with van der Waals surface area (Å²) in [6, 6.07) is 11.9. The van der Waals surface area contributed by atoms with E-state index < -0.39 is 18.1 Å². The molecule has 27 heavy (non-hydrogen) atoms. The number of carboxylic acid groups (broad SMARTS) is 1. The maximum Gasteiger partial charge on any atom is 0.326 e. The number of benzene rings is 2. The molecule has 0 saturated carbocycles. The molecule has 6 nitrogen and oxygen atoms in total. The highest BCUT2D eigenvalue weighted by Gasteiger charge is 2.37. The molecular weight excluding hydrogens is 342 g/mol. The number of hydrogen-bond acceptors (Lipinski definition) is 4. The van der Waals surface area contributed by atoms with Crippen LogP contribution in [0.5, 0.6) is 0 Å². The van der Waals surface area contributed by atoms with E-state index in [2.05, 4.69) is 0 Å². The van der Waals surface area contributed by atoms with Crippen LogP contribution in [0.25, 0.3) is 10.8 Å². The Labute approximate surface area is 160 Å². The molecular formula is C21H27N3O3. The Morgan fingerprint density at radius 3 is 2.81 bits per heavy atom. The molecule has 4 N–H and O–H groups in total. The molecule has 3 rings (SSSR count). The molecule has 0 spiro atoms. The Morgan fingerprint density at radius 2 is 2.04 bits per heavy atom. The highest BCUT2D eigenvalue weighted by Crippen LogP contribution is 2.26. The van der Waals surface area contributed by atoms with Crippen molar-refractivity contribution in [1.82, 2.24) is 4.90 Å². The summed E-state index contributed by atoms with van der Waals surface area (Å²) in [7, 11) is 0. The predicted octanol–water partition coefficient (Wildman–Crippen LogP) is 2.82. The van der Waals surface area contributed by atoms with Gasteiger partial charge in [0, 0.05) is 17.6 Å². The molecule has 2 aromatic carbocycles. The number of rotatable bonds is 8. The molecule has 1 fully saturated rings. The van der Waals surface area contributed by atoms with Crippen LogP contribution < -0.4 is 11.0 Å². The quantitative estimate of drug-likeness (QED) is 0.621. The van der Waals surface area contributed by atoms with Crippen LogP contribution in [0.15, 0.2) is 42.5 Å². The average molecular weight is 370 g/mol. The van der Waals surface area contributed by atoms with E-state index in [-0.39, 0.29) is 5.91 Å². The summed E-state index contributed by atoms with van der Waals surface area (Å²) < 4.78 is 8.76. The number of nitrogens with one attached hydrogen (secondary N) is 1. The first-order valence-corrected chi connectivity index (χ1v) is 9.54. The molecule has 0 aromatic heterocycles. The van der Waals surface area contributed by atoms with Gasteiger partial charge in [0.15, 0.2) is 1.41 Å². The minimum absolute atomic E-state index is 0.287. The number of carbonyl (C=O) groups is 2. The Bertz CT molecular complexity index is 839. The minimum atomic E-state index is -0.978. The van der Waals surface area contributed by atoms with Gasteiger partial charge in [0.2, 0.25) is 5.91 Å². The molecule has 0 radical (unpaired) electrons. The Morgan fingerprint density at radius 1 is 1.26 bits per heavy atom. The SMILES string of the molecule is [2H]N(c1cccc2ccccc12)[C@@H](CCCCN)C(=O)N1CCC[C@H]1C(=O)O. The second-order valence-electron chi connectivity index (χ2n) is 6.96. The van der Waals surface area contributed by atoms with E-state index in [1.165, 1.54) is 10.2 Å². The highest BCUT2D eigenvalue weighted by atomic mass is 16.4. The Hall–Kier alpha value is -2.60. The number of fused-ring (bicyclic) bond motifs is 1. The van der Waals surface area contributed by atoms with Gasteiger partial charge in [0.1, 0.15) is 12.1 Å². The fourth-order valence-electron chi connectivity index (χ4n) is 3.69. The van der Waals surface area contributed by atoms with Crippen LogP contribution in [0.1, 0.15) is 32.1 Å². The molecule has 0 unspecified atom stereocenters. The van der Waals surface area contributed by atoms with Gasteiger partial charge in [0.05, 0.1) is 0 Å². The molecule has 144 valence electrons. The zero-order valence-electron chi connectivity index (χ0n) is 16.4. The lowest BCUT2D eigenvalue weighted by molar-refractivity contribution is -0.148. The fraction of sp³-hybridized carbons (Fsp3) is 0.429. The van der Waals surface area contributed by atoms with Gasteiger partial charge >= 0.3 is 5.97 Å². The van der Waals surface area contributed by atoms with Crippen LogP contribution in [0.4, 0.5) is 5.69 Å². The van der Waals surface area contributed by atoms with Crippen molar-refractivity contribution in [3.05, 3.63) is 42.5 Å². The van der Waals surface area contributed by atoms with E-state index in [0.29, 0.717) is 44.5 Å². The van der Waals surface area contributed by atoms with Crippen molar-refractivity contribution in [3.63, 3.8) is 0 Å². The minimum Gasteiger partial charge on any atom is -0.480 e. The first-order valence-electron chi connectivity index (χ1n) is 9.98. The van der Waals surface area contributed by atoms with Crippen LogP contribution in [0.2, 0.25) is 1.41 Å². The van der Waals surface area contributed by atoms with E-state index >= 15 is 0 Å². The number of unbranched alkanes of at least 4 members (excludes halogenated alkanes) is 1. The normalized spacial score (nSPS) is 18.3. The van der Waals surface area contributed by atoms with Crippen molar-refractivity contribution < 1.29 is 16.1 Å². The number of aliphatic carboxylic acids is 1. The van der Waals surface area contributed by atoms with Crippen molar-refractivity contribution >= 4 is 28.3 Å². The smallest absolute Gasteiger partial charge is 0.326 e. The summed E-state index contributed by atoms with van der Waals surface area (Å²) in [5.74, 6) is -1.27. The van der Waals surface area contributed by atoms with Crippen LogP contribution >= 0.6 is 0 Å². The third-order valence-corrected chi connectivity index (χ3v) is 5.10. The molecule has 2 aromatic rings. The second-order valence-corrected chi connectivity index (χ2v) is 6.96. The maximum atomic E-state index is 13.3. The van der Waals surface area contributed by atoms with Gasteiger partial charge in [0.25, 0.3) is 0 Å². The number of anilines is 1. The maximum absolute atomic E-state index is 13.3. The summed E-state index contributed by atoms with van der Waals surface area (Å²) in [5, 5.41) is 12.6. The number of nitrogens with two attached hydrogens (primary N) is 1. The number of amides is 1. The van der Waals surface area contributed by atoms with E-state index in [9.17, 15) is 14.7 Å². The first-order chi connectivity index (χ1) is 13.5. The van der Waals surface area contributed by atoms with Gasteiger partial charge in [-0.2, -0.15) is 0 Å². The van der Waals surface area contributed by atoms with Crippen LogP contribution in [-0.2, 0) is 9.59 Å². The van der Waals surface area contributed by atoms with Gasteiger partial charge in [-0.1, -0.05) is 36.4 Å². The Kier molecular flexibility index (Phi) is 5.84. The molecule has 0 bridgehead atoms. The monoisotopic (exact) mass is 370 g/mol. The molecule has 1 aliphatic rings. The highest BCUT2D eigenvalue weighted by molar-refractivity contribution is 5.96. The third-order valence-electron chi connectivity index (χ3n) is 5.10. The second kappa shape index (κ2) is 8.86. The number of hydrogen-bond donors (Lipinski definition) is 3. The topological polar surface area (TPSA) is 95.7 Å². The van der Waals surface area contributed by atoms with Crippen molar-refractivity contribution in [3.8, 4) is 0 Å². The standard InChI is InChI=1S/C21H27N3O3/c22-13-4-3-10-18(20(25)24-14-6-12-19(24)21(26)27)23-17-11-5-8-15-7-1-2-9-16(15)17/h1-2,5,7-9,11,18-19,23H,3-4,6,10,12-14,22H2,(H,26,27)/t18-,19-/m0/s1/i/hD. The van der Waals surface area contributed by atoms with Gasteiger partial charge in [-0.05, 0) is 50.1 Å². The molecule has 0 aliphatic carbocycles. The van der Waals surface area contributed by atoms with Crippen molar-refractivity contribution in [1.29, 1.82) is 0 Å². The summed E-state index contributed by atoms with van der Waals surface area (Å²) in [6.07, 6.45) is 3.06. The van der Waals surface area contributed by atoms with Crippen LogP contribution in [0, 0.1) is 0 Å². The van der Waals surface area contributed by atoms with Crippen molar-refractivity contribution in [2.75, 3.05) is 18.4 Å². The summed E-state index contributed by atoms with van der Waals surface area (Å²) in [5.41, 5.74) is 6.25. The third kappa shape index (κ3) is 4.39. The molecule has 2 atom stereocenters. The number of likely N-dealkylation sites (tertiary alicyclic amines) is 1. The molecule has 1 aliphatic heterocycles. The van der Waals surface area contributed by atoms with E-state index in [0.717, 1.165) is 17.2 Å². The zero-order chi connectivity index (χ0) is 20.1. The van der Waals surface area contributed by atoms with Crippen molar-refractivity contribution in [2.45, 2.75) is 44.2 Å². The van der Waals surface area contributed by atoms with Crippen LogP contribution in [0.3, 0.4) is 0 Å². The van der Waals surface area contributed by atoms with Gasteiger partial charge in [-0.3, -0.25) is 4.79 Å². The average Bonchev–Trinajstić information content (AvgIpc) is 3.20. The molecule has 6 heteroatoms. The lowest BCUT2D eigenvalue weighted by atomic mass is 10.0. The van der Waals surface area contributed by atoms with Gasteiger partial charge in [-0.25, -0.2) is 4.79 Å². The van der Waals surface area contributed by atoms with E-state index in [1.54, 1.807) is 0 Å². The first kappa shape index (κ1) is 17.8. The summed E-state index contributed by atoms with van der Waals surface area (Å²) >= 11 is 0. The fourth-order valence-corrected chi connectivity index (χ4v) is 3.69. The molecule has 1 saturated heterocycles. The van der Waals surface area contributed by atoms with Crippen molar-refractivity contribution in [2.24, 2.45) is 5.73 Å². The summed E-state index contributed by atoms with van der Waals surface area (Å²) in [4.78, 5) is 26.3. The van der Waals surface area contributed by atoms with Gasteiger partial charge < -0.3 is 21.0 Å². The van der Waals surface area contributed by atoms with E-state index in [4.69, 9.17) is 7.15 Å². The lowest BCUT2D eigenvalue weighted by Crippen LogP contribution is -2.47. The van der Waals surface area contributed by atoms with Gasteiger partial charge in [-0.15, -0.1) is 0 Å². The largest absolute Gasteiger partial charge is 0.480 e. The summed E-state index contributed by atoms with van der Waals surface area (Å²) in [6.45, 7) is 0.946. The molecule has 1 amide bonds. The molecule has 1 heterocycles. The number of nitrogens with zero attached hydrogens (tertiary/aromatic N) is 1. The zero-order valence-corrected chi connectivity index (χ0v) is 15.4. The lowest BCUT2D eigenvalue weighted by Gasteiger charge is -2.28. The Balaban J connectivity index is 1.92. The predicted molar refractivity (Wildman–Crippen MR) is 107 cm³/mol.